The third-order valence-electron chi connectivity index (χ3n) is 6.61. The van der Waals surface area contributed by atoms with E-state index in [2.05, 4.69) is 21.3 Å². The Labute approximate surface area is 284 Å². The number of rotatable bonds is 6. The lowest BCUT2D eigenvalue weighted by molar-refractivity contribution is -0.137. The Hall–Kier alpha value is -4.32. The molecule has 0 aliphatic carbocycles. The van der Waals surface area contributed by atoms with E-state index in [9.17, 15) is 33.0 Å². The molecule has 0 aromatic heterocycles. The first kappa shape index (κ1) is 37.1. The largest absolute Gasteiger partial charge is 0.506 e. The molecule has 14 heteroatoms. The molecule has 8 nitrogen and oxygen atoms in total. The summed E-state index contributed by atoms with van der Waals surface area (Å²) in [5.41, 5.74) is 1.59. The highest BCUT2D eigenvalue weighted by Crippen LogP contribution is 2.35. The third-order valence-corrected chi connectivity index (χ3v) is 7.76. The lowest BCUT2D eigenvalue weighted by Crippen LogP contribution is -2.20. The summed E-state index contributed by atoms with van der Waals surface area (Å²) in [6.45, 7) is 7.94. The zero-order chi connectivity index (χ0) is 35.1. The number of phenols is 2. The Balaban J connectivity index is 0.000000257. The number of carbonyl (C=O) groups is 2. The number of benzene rings is 4. The number of amides is 4. The van der Waals surface area contributed by atoms with Crippen LogP contribution in [0.2, 0.25) is 15.1 Å². The summed E-state index contributed by atoms with van der Waals surface area (Å²) in [5, 5.41) is 30.3. The predicted octanol–water partition coefficient (Wildman–Crippen LogP) is 11.3. The Morgan fingerprint density at radius 2 is 1.09 bits per heavy atom. The molecular formula is C33H32Cl3F3N4O4. The summed E-state index contributed by atoms with van der Waals surface area (Å²) in [6.07, 6.45) is -4.55. The van der Waals surface area contributed by atoms with Gasteiger partial charge in [0.2, 0.25) is 0 Å². The topological polar surface area (TPSA) is 123 Å². The van der Waals surface area contributed by atoms with Crippen molar-refractivity contribution in [2.75, 3.05) is 21.3 Å². The molecule has 0 heterocycles. The quantitative estimate of drug-likeness (QED) is 0.111. The monoisotopic (exact) mass is 710 g/mol. The second-order valence-electron chi connectivity index (χ2n) is 10.8. The molecule has 4 amide bonds. The third kappa shape index (κ3) is 10.6. The van der Waals surface area contributed by atoms with Gasteiger partial charge < -0.3 is 31.5 Å². The average molecular weight is 712 g/mol. The van der Waals surface area contributed by atoms with Gasteiger partial charge in [-0.2, -0.15) is 13.2 Å². The number of nitrogens with one attached hydrogen (secondary N) is 4. The molecule has 0 radical (unpaired) electrons. The number of anilines is 4. The first-order chi connectivity index (χ1) is 22.0. The van der Waals surface area contributed by atoms with Gasteiger partial charge in [0.25, 0.3) is 0 Å². The van der Waals surface area contributed by atoms with Crippen molar-refractivity contribution in [1.29, 1.82) is 0 Å². The van der Waals surface area contributed by atoms with Gasteiger partial charge in [0.15, 0.2) is 0 Å². The van der Waals surface area contributed by atoms with E-state index in [1.807, 2.05) is 33.8 Å². The van der Waals surface area contributed by atoms with Crippen molar-refractivity contribution in [3.05, 3.63) is 105 Å². The number of aromatic hydroxyl groups is 2. The highest BCUT2D eigenvalue weighted by molar-refractivity contribution is 6.44. The van der Waals surface area contributed by atoms with Crippen LogP contribution in [0.5, 0.6) is 11.5 Å². The molecule has 0 atom stereocenters. The standard InChI is InChI=1S/C17H16ClF3N2O2.C16H16Cl2N2O2/c1-9(2)10-3-6-13(15(24)7-10)22-16(25)23-14-8-11(17(19,20)21)4-5-12(14)18;1-9(2)10-6-7-12(14(21)8-10)19-16(22)20-13-5-3-4-11(17)15(13)18/h3-9,24H,1-2H3,(H2,22,23,25);3-9,21H,1-2H3,(H2,19,20,22). The molecule has 0 unspecified atom stereocenters. The van der Waals surface area contributed by atoms with Crippen LogP contribution in [0.15, 0.2) is 72.8 Å². The fourth-order valence-electron chi connectivity index (χ4n) is 3.98. The van der Waals surface area contributed by atoms with Crippen molar-refractivity contribution >= 4 is 69.6 Å². The molecular weight excluding hydrogens is 680 g/mol. The van der Waals surface area contributed by atoms with Crippen molar-refractivity contribution in [3.8, 4) is 11.5 Å². The van der Waals surface area contributed by atoms with E-state index in [0.29, 0.717) is 22.3 Å². The van der Waals surface area contributed by atoms with E-state index >= 15 is 0 Å². The molecule has 0 fully saturated rings. The Morgan fingerprint density at radius 1 is 0.617 bits per heavy atom. The Morgan fingerprint density at radius 3 is 1.53 bits per heavy atom. The molecule has 0 spiro atoms. The molecule has 0 saturated heterocycles. The van der Waals surface area contributed by atoms with Crippen molar-refractivity contribution in [2.45, 2.75) is 45.7 Å². The van der Waals surface area contributed by atoms with Crippen molar-refractivity contribution < 1.29 is 33.0 Å². The zero-order valence-electron chi connectivity index (χ0n) is 25.6. The summed E-state index contributed by atoms with van der Waals surface area (Å²) in [6, 6.07) is 16.1. The predicted molar refractivity (Wildman–Crippen MR) is 183 cm³/mol. The van der Waals surface area contributed by atoms with E-state index in [0.717, 1.165) is 29.3 Å². The molecule has 4 aromatic carbocycles. The number of phenolic OH excluding ortho intramolecular Hbond substituents is 2. The van der Waals surface area contributed by atoms with Crippen LogP contribution in [-0.2, 0) is 6.18 Å². The van der Waals surface area contributed by atoms with Gasteiger partial charge in [-0.25, -0.2) is 9.59 Å². The van der Waals surface area contributed by atoms with Gasteiger partial charge in [0, 0.05) is 0 Å². The minimum absolute atomic E-state index is 0.0125. The van der Waals surface area contributed by atoms with Crippen LogP contribution < -0.4 is 21.3 Å². The van der Waals surface area contributed by atoms with Crippen LogP contribution in [0.4, 0.5) is 45.5 Å². The minimum Gasteiger partial charge on any atom is -0.506 e. The molecule has 6 N–H and O–H groups in total. The molecule has 4 rings (SSSR count). The molecule has 0 aliphatic heterocycles. The summed E-state index contributed by atoms with van der Waals surface area (Å²) in [5.74, 6) is 0.353. The van der Waals surface area contributed by atoms with E-state index in [1.54, 1.807) is 36.4 Å². The summed E-state index contributed by atoms with van der Waals surface area (Å²) >= 11 is 17.7. The highest BCUT2D eigenvalue weighted by Gasteiger charge is 2.31. The SMILES string of the molecule is CC(C)c1ccc(NC(=O)Nc2cc(C(F)(F)F)ccc2Cl)c(O)c1.CC(C)c1ccc(NC(=O)Nc2cccc(Cl)c2Cl)c(O)c1. The van der Waals surface area contributed by atoms with Gasteiger partial charge in [-0.15, -0.1) is 0 Å². The van der Waals surface area contributed by atoms with Crippen LogP contribution in [0.25, 0.3) is 0 Å². The molecule has 250 valence electrons. The number of urea groups is 2. The smallest absolute Gasteiger partial charge is 0.416 e. The van der Waals surface area contributed by atoms with E-state index in [-0.39, 0.29) is 38.8 Å². The Kier molecular flexibility index (Phi) is 12.6. The van der Waals surface area contributed by atoms with Gasteiger partial charge in [0.05, 0.1) is 43.4 Å². The van der Waals surface area contributed by atoms with Gasteiger partial charge >= 0.3 is 18.2 Å². The van der Waals surface area contributed by atoms with Crippen molar-refractivity contribution in [1.82, 2.24) is 0 Å². The summed E-state index contributed by atoms with van der Waals surface area (Å²) in [4.78, 5) is 24.0. The lowest BCUT2D eigenvalue weighted by atomic mass is 10.0. The van der Waals surface area contributed by atoms with Crippen LogP contribution in [0.3, 0.4) is 0 Å². The van der Waals surface area contributed by atoms with Crippen molar-refractivity contribution in [2.24, 2.45) is 0 Å². The second-order valence-corrected chi connectivity index (χ2v) is 12.0. The summed E-state index contributed by atoms with van der Waals surface area (Å²) in [7, 11) is 0. The van der Waals surface area contributed by atoms with E-state index in [1.165, 1.54) is 12.1 Å². The number of halogens is 6. The Bertz CT molecular complexity index is 1750. The number of carbonyl (C=O) groups excluding carboxylic acids is 2. The number of hydrogen-bond donors (Lipinski definition) is 6. The van der Waals surface area contributed by atoms with Crippen LogP contribution in [0, 0.1) is 0 Å². The average Bonchev–Trinajstić information content (AvgIpc) is 2.98. The zero-order valence-corrected chi connectivity index (χ0v) is 27.8. The van der Waals surface area contributed by atoms with Crippen LogP contribution in [-0.4, -0.2) is 22.3 Å². The van der Waals surface area contributed by atoms with E-state index < -0.39 is 23.8 Å². The highest BCUT2D eigenvalue weighted by atomic mass is 35.5. The van der Waals surface area contributed by atoms with Crippen LogP contribution in [0.1, 0.15) is 56.2 Å². The molecule has 0 bridgehead atoms. The van der Waals surface area contributed by atoms with Gasteiger partial charge in [0.1, 0.15) is 11.5 Å². The maximum atomic E-state index is 12.7. The maximum absolute atomic E-state index is 12.7. The maximum Gasteiger partial charge on any atom is 0.416 e. The molecule has 0 aliphatic rings. The van der Waals surface area contributed by atoms with E-state index in [4.69, 9.17) is 34.8 Å². The van der Waals surface area contributed by atoms with Gasteiger partial charge in [-0.3, -0.25) is 0 Å². The molecule has 0 saturated carbocycles. The van der Waals surface area contributed by atoms with Gasteiger partial charge in [-0.1, -0.05) is 80.7 Å². The number of alkyl halides is 3. The minimum atomic E-state index is -4.55. The molecule has 4 aromatic rings. The van der Waals surface area contributed by atoms with Gasteiger partial charge in [-0.05, 0) is 77.6 Å². The van der Waals surface area contributed by atoms with Crippen LogP contribution >= 0.6 is 34.8 Å². The normalized spacial score (nSPS) is 11.1. The fraction of sp³-hybridized carbons (Fsp3) is 0.212. The number of hydrogen-bond acceptors (Lipinski definition) is 4. The lowest BCUT2D eigenvalue weighted by Gasteiger charge is -2.14. The second kappa shape index (κ2) is 16.0. The first-order valence-corrected chi connectivity index (χ1v) is 15.2. The first-order valence-electron chi connectivity index (χ1n) is 14.1. The summed E-state index contributed by atoms with van der Waals surface area (Å²) < 4.78 is 38.2. The fourth-order valence-corrected chi connectivity index (χ4v) is 4.49. The molecule has 47 heavy (non-hydrogen) atoms. The van der Waals surface area contributed by atoms with Crippen molar-refractivity contribution in [3.63, 3.8) is 0 Å².